The van der Waals surface area contributed by atoms with E-state index >= 15 is 0 Å². The molecule has 0 saturated heterocycles. The van der Waals surface area contributed by atoms with Gasteiger partial charge in [0.15, 0.2) is 0 Å². The van der Waals surface area contributed by atoms with Crippen molar-refractivity contribution in [3.8, 4) is 5.75 Å². The van der Waals surface area contributed by atoms with Crippen molar-refractivity contribution in [2.24, 2.45) is 5.92 Å². The summed E-state index contributed by atoms with van der Waals surface area (Å²) in [6, 6.07) is 2.09. The fourth-order valence-corrected chi connectivity index (χ4v) is 1.82. The molecule has 0 fully saturated rings. The van der Waals surface area contributed by atoms with Gasteiger partial charge in [0.25, 0.3) is 0 Å². The Morgan fingerprint density at radius 2 is 2.18 bits per heavy atom. The van der Waals surface area contributed by atoms with Crippen LogP contribution in [0.1, 0.15) is 32.8 Å². The van der Waals surface area contributed by atoms with E-state index in [9.17, 15) is 0 Å². The molecule has 1 aromatic heterocycles. The summed E-state index contributed by atoms with van der Waals surface area (Å²) in [4.78, 5) is 4.21. The largest absolute Gasteiger partial charge is 0.492 e. The topological polar surface area (TPSA) is 34.2 Å². The van der Waals surface area contributed by atoms with Gasteiger partial charge in [0.1, 0.15) is 5.75 Å². The molecule has 0 spiro atoms. The highest BCUT2D eigenvalue weighted by molar-refractivity contribution is 5.23. The Kier molecular flexibility index (Phi) is 6.63. The van der Waals surface area contributed by atoms with Crippen LogP contribution in [0, 0.1) is 5.92 Å². The molecule has 0 aliphatic rings. The van der Waals surface area contributed by atoms with Gasteiger partial charge in [-0.2, -0.15) is 0 Å². The van der Waals surface area contributed by atoms with E-state index in [1.165, 1.54) is 12.0 Å². The molecule has 1 rings (SSSR count). The highest BCUT2D eigenvalue weighted by Crippen LogP contribution is 2.14. The number of ether oxygens (including phenoxy) is 1. The van der Waals surface area contributed by atoms with Crippen molar-refractivity contribution in [2.45, 2.75) is 33.6 Å². The van der Waals surface area contributed by atoms with Crippen molar-refractivity contribution in [1.29, 1.82) is 0 Å². The van der Waals surface area contributed by atoms with E-state index in [1.807, 2.05) is 13.1 Å². The zero-order valence-corrected chi connectivity index (χ0v) is 11.2. The van der Waals surface area contributed by atoms with E-state index in [2.05, 4.69) is 30.2 Å². The number of nitrogens with one attached hydrogen (secondary N) is 1. The van der Waals surface area contributed by atoms with Gasteiger partial charge in [-0.1, -0.05) is 13.8 Å². The Hall–Kier alpha value is -1.09. The van der Waals surface area contributed by atoms with Crippen LogP contribution < -0.4 is 10.1 Å². The molecule has 0 aliphatic carbocycles. The Morgan fingerprint density at radius 1 is 1.35 bits per heavy atom. The molecule has 1 N–H and O–H groups in total. The van der Waals surface area contributed by atoms with E-state index in [4.69, 9.17) is 4.74 Å². The summed E-state index contributed by atoms with van der Waals surface area (Å²) in [7, 11) is 0. The number of nitrogens with zero attached hydrogens (tertiary/aromatic N) is 1. The van der Waals surface area contributed by atoms with Gasteiger partial charge in [-0.3, -0.25) is 4.98 Å². The first-order chi connectivity index (χ1) is 8.26. The average Bonchev–Trinajstić information content (AvgIpc) is 2.30. The fraction of sp³-hybridized carbons (Fsp3) is 0.643. The molecule has 1 unspecified atom stereocenters. The monoisotopic (exact) mass is 236 g/mol. The molecular weight excluding hydrogens is 212 g/mol. The van der Waals surface area contributed by atoms with Crippen molar-refractivity contribution in [3.63, 3.8) is 0 Å². The number of pyridine rings is 1. The van der Waals surface area contributed by atoms with E-state index in [-0.39, 0.29) is 0 Å². The van der Waals surface area contributed by atoms with Gasteiger partial charge in [0.2, 0.25) is 0 Å². The number of rotatable bonds is 8. The van der Waals surface area contributed by atoms with E-state index in [0.29, 0.717) is 12.5 Å². The molecule has 3 heteroatoms. The van der Waals surface area contributed by atoms with Crippen molar-refractivity contribution in [3.05, 3.63) is 24.0 Å². The number of aromatic nitrogens is 1. The van der Waals surface area contributed by atoms with Crippen LogP contribution in [-0.4, -0.2) is 24.7 Å². The van der Waals surface area contributed by atoms with E-state index in [1.54, 1.807) is 6.20 Å². The Labute approximate surface area is 105 Å². The van der Waals surface area contributed by atoms with Gasteiger partial charge < -0.3 is 10.1 Å². The normalized spacial score (nSPS) is 12.4. The Balaban J connectivity index is 2.41. The summed E-state index contributed by atoms with van der Waals surface area (Å²) >= 11 is 0. The first-order valence-electron chi connectivity index (χ1n) is 6.53. The molecule has 1 aromatic rings. The third-order valence-corrected chi connectivity index (χ3v) is 2.58. The highest BCUT2D eigenvalue weighted by Gasteiger charge is 2.04. The maximum atomic E-state index is 5.45. The highest BCUT2D eigenvalue weighted by atomic mass is 16.5. The maximum absolute atomic E-state index is 5.45. The summed E-state index contributed by atoms with van der Waals surface area (Å²) in [5, 5.41) is 3.44. The molecule has 0 aromatic carbocycles. The molecule has 0 saturated carbocycles. The molecule has 0 aliphatic heterocycles. The van der Waals surface area contributed by atoms with E-state index in [0.717, 1.165) is 25.3 Å². The summed E-state index contributed by atoms with van der Waals surface area (Å²) in [5.41, 5.74) is 1.25. The number of hydrogen-bond acceptors (Lipinski definition) is 3. The lowest BCUT2D eigenvalue weighted by Crippen LogP contribution is -2.23. The summed E-state index contributed by atoms with van der Waals surface area (Å²) in [6.07, 6.45) is 5.94. The van der Waals surface area contributed by atoms with Crippen LogP contribution in [0.2, 0.25) is 0 Å². The van der Waals surface area contributed by atoms with Crippen molar-refractivity contribution in [2.75, 3.05) is 19.7 Å². The molecule has 96 valence electrons. The zero-order chi connectivity index (χ0) is 12.5. The minimum atomic E-state index is 0.625. The molecule has 1 heterocycles. The van der Waals surface area contributed by atoms with Crippen LogP contribution >= 0.6 is 0 Å². The number of hydrogen-bond donors (Lipinski definition) is 1. The lowest BCUT2D eigenvalue weighted by atomic mass is 10.0. The zero-order valence-electron chi connectivity index (χ0n) is 11.2. The van der Waals surface area contributed by atoms with Crippen LogP contribution in [-0.2, 0) is 6.42 Å². The molecule has 17 heavy (non-hydrogen) atoms. The third kappa shape index (κ3) is 5.68. The van der Waals surface area contributed by atoms with Crippen LogP contribution in [0.25, 0.3) is 0 Å². The van der Waals surface area contributed by atoms with Gasteiger partial charge in [0.05, 0.1) is 12.8 Å². The van der Waals surface area contributed by atoms with Crippen LogP contribution in [0.15, 0.2) is 18.5 Å². The van der Waals surface area contributed by atoms with Gasteiger partial charge in [-0.05, 0) is 50.4 Å². The predicted octanol–water partition coefficient (Wildman–Crippen LogP) is 2.66. The first-order valence-corrected chi connectivity index (χ1v) is 6.53. The molecule has 1 atom stereocenters. The molecule has 0 radical (unpaired) electrons. The standard InChI is InChI=1S/C14H24N2O/c1-4-6-15-9-12(3)7-13-8-14(17-5-2)11-16-10-13/h8,10-12,15H,4-7,9H2,1-3H3. The lowest BCUT2D eigenvalue weighted by Gasteiger charge is -2.12. The first kappa shape index (κ1) is 14.0. The third-order valence-electron chi connectivity index (χ3n) is 2.58. The minimum Gasteiger partial charge on any atom is -0.492 e. The lowest BCUT2D eigenvalue weighted by molar-refractivity contribution is 0.338. The van der Waals surface area contributed by atoms with Gasteiger partial charge in [0, 0.05) is 6.20 Å². The summed E-state index contributed by atoms with van der Waals surface area (Å²) in [6.45, 7) is 9.29. The second kappa shape index (κ2) is 8.07. The average molecular weight is 236 g/mol. The van der Waals surface area contributed by atoms with Crippen molar-refractivity contribution >= 4 is 0 Å². The quantitative estimate of drug-likeness (QED) is 0.705. The van der Waals surface area contributed by atoms with Crippen LogP contribution in [0.3, 0.4) is 0 Å². The second-order valence-corrected chi connectivity index (χ2v) is 4.48. The van der Waals surface area contributed by atoms with Crippen LogP contribution in [0.5, 0.6) is 5.75 Å². The SMILES string of the molecule is CCCNCC(C)Cc1cncc(OCC)c1. The predicted molar refractivity (Wildman–Crippen MR) is 71.4 cm³/mol. The second-order valence-electron chi connectivity index (χ2n) is 4.48. The van der Waals surface area contributed by atoms with Crippen molar-refractivity contribution < 1.29 is 4.74 Å². The van der Waals surface area contributed by atoms with Gasteiger partial charge in [-0.25, -0.2) is 0 Å². The summed E-state index contributed by atoms with van der Waals surface area (Å²) in [5.74, 6) is 1.50. The minimum absolute atomic E-state index is 0.625. The van der Waals surface area contributed by atoms with Crippen molar-refractivity contribution in [1.82, 2.24) is 10.3 Å². The Morgan fingerprint density at radius 3 is 2.88 bits per heavy atom. The molecular formula is C14H24N2O. The maximum Gasteiger partial charge on any atom is 0.137 e. The molecule has 0 amide bonds. The van der Waals surface area contributed by atoms with E-state index < -0.39 is 0 Å². The fourth-order valence-electron chi connectivity index (χ4n) is 1.82. The van der Waals surface area contributed by atoms with Gasteiger partial charge >= 0.3 is 0 Å². The smallest absolute Gasteiger partial charge is 0.137 e. The molecule has 3 nitrogen and oxygen atoms in total. The molecule has 0 bridgehead atoms. The van der Waals surface area contributed by atoms with Crippen LogP contribution in [0.4, 0.5) is 0 Å². The Bertz CT molecular complexity index is 315. The van der Waals surface area contributed by atoms with Gasteiger partial charge in [-0.15, -0.1) is 0 Å². The summed E-state index contributed by atoms with van der Waals surface area (Å²) < 4.78 is 5.45.